The molecule has 1 nitrogen and oxygen atoms in total. The second kappa shape index (κ2) is 3.06. The van der Waals surface area contributed by atoms with Crippen LogP contribution in [0.2, 0.25) is 0 Å². The van der Waals surface area contributed by atoms with Gasteiger partial charge in [0.1, 0.15) is 0 Å². The summed E-state index contributed by atoms with van der Waals surface area (Å²) >= 11 is 1.76. The quantitative estimate of drug-likeness (QED) is 0.627. The molecule has 0 aliphatic rings. The standard InChI is InChI=1S/C9H11NS/c1-6(5-10)9-4-7(2)11-8(9)3/h4,6H,1-3H3. The highest BCUT2D eigenvalue weighted by Crippen LogP contribution is 2.26. The molecule has 0 amide bonds. The van der Waals surface area contributed by atoms with Crippen molar-refractivity contribution in [2.24, 2.45) is 0 Å². The number of hydrogen-bond donors (Lipinski definition) is 0. The third kappa shape index (κ3) is 1.61. The molecule has 0 saturated carbocycles. The van der Waals surface area contributed by atoms with Crippen LogP contribution in [0.4, 0.5) is 0 Å². The molecule has 11 heavy (non-hydrogen) atoms. The van der Waals surface area contributed by atoms with Crippen LogP contribution in [0.15, 0.2) is 6.07 Å². The van der Waals surface area contributed by atoms with Gasteiger partial charge >= 0.3 is 0 Å². The van der Waals surface area contributed by atoms with Gasteiger partial charge in [0.2, 0.25) is 0 Å². The minimum absolute atomic E-state index is 0.0416. The lowest BCUT2D eigenvalue weighted by atomic mass is 10.0. The van der Waals surface area contributed by atoms with Gasteiger partial charge < -0.3 is 0 Å². The SMILES string of the molecule is Cc1cc(C(C)C#N)c(C)s1. The Morgan fingerprint density at radius 1 is 1.55 bits per heavy atom. The summed E-state index contributed by atoms with van der Waals surface area (Å²) in [6.07, 6.45) is 0. The molecule has 2 heteroatoms. The Balaban J connectivity index is 3.05. The lowest BCUT2D eigenvalue weighted by Crippen LogP contribution is -1.87. The Morgan fingerprint density at radius 3 is 2.55 bits per heavy atom. The smallest absolute Gasteiger partial charge is 0.0701 e. The largest absolute Gasteiger partial charge is 0.198 e. The van der Waals surface area contributed by atoms with Gasteiger partial charge in [-0.05, 0) is 32.4 Å². The van der Waals surface area contributed by atoms with Crippen LogP contribution in [0.1, 0.15) is 28.2 Å². The van der Waals surface area contributed by atoms with E-state index in [9.17, 15) is 0 Å². The molecule has 0 aliphatic heterocycles. The number of nitrogens with zero attached hydrogens (tertiary/aromatic N) is 1. The monoisotopic (exact) mass is 165 g/mol. The first kappa shape index (κ1) is 8.29. The molecule has 1 aromatic heterocycles. The van der Waals surface area contributed by atoms with Crippen molar-refractivity contribution < 1.29 is 0 Å². The van der Waals surface area contributed by atoms with Crippen LogP contribution >= 0.6 is 11.3 Å². The van der Waals surface area contributed by atoms with E-state index in [4.69, 9.17) is 5.26 Å². The van der Waals surface area contributed by atoms with E-state index < -0.39 is 0 Å². The first-order valence-electron chi connectivity index (χ1n) is 3.61. The molecule has 1 rings (SSSR count). The Kier molecular flexibility index (Phi) is 2.31. The highest BCUT2D eigenvalue weighted by molar-refractivity contribution is 7.12. The number of nitriles is 1. The number of aryl methyl sites for hydroxylation is 2. The Morgan fingerprint density at radius 2 is 2.18 bits per heavy atom. The zero-order chi connectivity index (χ0) is 8.43. The van der Waals surface area contributed by atoms with E-state index in [1.807, 2.05) is 6.92 Å². The van der Waals surface area contributed by atoms with E-state index >= 15 is 0 Å². The molecule has 0 radical (unpaired) electrons. The predicted molar refractivity (Wildman–Crippen MR) is 47.8 cm³/mol. The molecule has 58 valence electrons. The Bertz CT molecular complexity index is 293. The van der Waals surface area contributed by atoms with Crippen molar-refractivity contribution in [3.05, 3.63) is 21.4 Å². The molecule has 0 saturated heterocycles. The fourth-order valence-corrected chi connectivity index (χ4v) is 2.17. The molecule has 0 fully saturated rings. The highest BCUT2D eigenvalue weighted by Gasteiger charge is 2.09. The maximum absolute atomic E-state index is 8.68. The Hall–Kier alpha value is -0.810. The van der Waals surface area contributed by atoms with Gasteiger partial charge in [0.15, 0.2) is 0 Å². The summed E-state index contributed by atoms with van der Waals surface area (Å²) in [5.41, 5.74) is 1.19. The van der Waals surface area contributed by atoms with Crippen LogP contribution in [0.25, 0.3) is 0 Å². The summed E-state index contributed by atoms with van der Waals surface area (Å²) in [5.74, 6) is 0.0416. The summed E-state index contributed by atoms with van der Waals surface area (Å²) < 4.78 is 0. The molecule has 0 bridgehead atoms. The minimum Gasteiger partial charge on any atom is -0.198 e. The van der Waals surface area contributed by atoms with Gasteiger partial charge in [0.05, 0.1) is 12.0 Å². The van der Waals surface area contributed by atoms with Crippen LogP contribution in [-0.2, 0) is 0 Å². The average molecular weight is 165 g/mol. The lowest BCUT2D eigenvalue weighted by molar-refractivity contribution is 0.977. The summed E-state index contributed by atoms with van der Waals surface area (Å²) in [5, 5.41) is 8.68. The van der Waals surface area contributed by atoms with Gasteiger partial charge in [-0.15, -0.1) is 11.3 Å². The number of hydrogen-bond acceptors (Lipinski definition) is 2. The fraction of sp³-hybridized carbons (Fsp3) is 0.444. The summed E-state index contributed by atoms with van der Waals surface area (Å²) in [6, 6.07) is 4.35. The van der Waals surface area contributed by atoms with Crippen LogP contribution in [0, 0.1) is 25.2 Å². The van der Waals surface area contributed by atoms with E-state index in [0.717, 1.165) is 0 Å². The third-order valence-corrected chi connectivity index (χ3v) is 2.72. The minimum atomic E-state index is 0.0416. The van der Waals surface area contributed by atoms with Gasteiger partial charge in [-0.25, -0.2) is 0 Å². The van der Waals surface area contributed by atoms with Crippen LogP contribution in [0.3, 0.4) is 0 Å². The molecule has 1 heterocycles. The zero-order valence-corrected chi connectivity index (χ0v) is 7.83. The predicted octanol–water partition coefficient (Wildman–Crippen LogP) is 2.99. The first-order valence-corrected chi connectivity index (χ1v) is 4.43. The molecular formula is C9H11NS. The van der Waals surface area contributed by atoms with Crippen molar-refractivity contribution in [2.75, 3.05) is 0 Å². The van der Waals surface area contributed by atoms with E-state index in [1.54, 1.807) is 11.3 Å². The second-order valence-corrected chi connectivity index (χ2v) is 4.18. The molecule has 1 aromatic rings. The molecule has 0 N–H and O–H groups in total. The van der Waals surface area contributed by atoms with Crippen molar-refractivity contribution in [3.63, 3.8) is 0 Å². The summed E-state index contributed by atoms with van der Waals surface area (Å²) in [7, 11) is 0. The van der Waals surface area contributed by atoms with Crippen molar-refractivity contribution in [1.82, 2.24) is 0 Å². The van der Waals surface area contributed by atoms with E-state index in [1.165, 1.54) is 15.3 Å². The first-order chi connectivity index (χ1) is 5.15. The lowest BCUT2D eigenvalue weighted by Gasteiger charge is -1.98. The molecule has 1 unspecified atom stereocenters. The van der Waals surface area contributed by atoms with E-state index in [-0.39, 0.29) is 5.92 Å². The number of thiophene rings is 1. The fourth-order valence-electron chi connectivity index (χ4n) is 1.15. The van der Waals surface area contributed by atoms with Gasteiger partial charge in [-0.3, -0.25) is 0 Å². The molecule has 0 aliphatic carbocycles. The van der Waals surface area contributed by atoms with Crippen molar-refractivity contribution in [1.29, 1.82) is 5.26 Å². The molecule has 0 spiro atoms. The van der Waals surface area contributed by atoms with Gasteiger partial charge in [0, 0.05) is 9.75 Å². The maximum atomic E-state index is 8.68. The third-order valence-electron chi connectivity index (χ3n) is 1.74. The molecular weight excluding hydrogens is 154 g/mol. The van der Waals surface area contributed by atoms with Gasteiger partial charge in [-0.1, -0.05) is 0 Å². The van der Waals surface area contributed by atoms with Gasteiger partial charge in [0.25, 0.3) is 0 Å². The summed E-state index contributed by atoms with van der Waals surface area (Å²) in [4.78, 5) is 2.57. The van der Waals surface area contributed by atoms with Gasteiger partial charge in [-0.2, -0.15) is 5.26 Å². The normalized spacial score (nSPS) is 12.5. The average Bonchev–Trinajstić information content (AvgIpc) is 2.28. The van der Waals surface area contributed by atoms with Crippen LogP contribution in [-0.4, -0.2) is 0 Å². The zero-order valence-electron chi connectivity index (χ0n) is 7.01. The van der Waals surface area contributed by atoms with Crippen LogP contribution < -0.4 is 0 Å². The van der Waals surface area contributed by atoms with Crippen molar-refractivity contribution in [3.8, 4) is 6.07 Å². The topological polar surface area (TPSA) is 23.8 Å². The van der Waals surface area contributed by atoms with Crippen molar-refractivity contribution >= 4 is 11.3 Å². The highest BCUT2D eigenvalue weighted by atomic mass is 32.1. The molecule has 0 aromatic carbocycles. The Labute approximate surface area is 71.3 Å². The molecule has 1 atom stereocenters. The second-order valence-electron chi connectivity index (χ2n) is 2.72. The summed E-state index contributed by atoms with van der Waals surface area (Å²) in [6.45, 7) is 6.08. The number of rotatable bonds is 1. The van der Waals surface area contributed by atoms with E-state index in [2.05, 4.69) is 26.0 Å². The van der Waals surface area contributed by atoms with E-state index in [0.29, 0.717) is 0 Å². The maximum Gasteiger partial charge on any atom is 0.0701 e. The van der Waals surface area contributed by atoms with Crippen LogP contribution in [0.5, 0.6) is 0 Å². The van der Waals surface area contributed by atoms with Crippen molar-refractivity contribution in [2.45, 2.75) is 26.7 Å².